The second-order valence-electron chi connectivity index (χ2n) is 2.50. The molecule has 5 heteroatoms. The van der Waals surface area contributed by atoms with Crippen LogP contribution in [-0.2, 0) is 4.57 Å². The van der Waals surface area contributed by atoms with E-state index >= 15 is 0 Å². The number of hydrogen-bond donors (Lipinski definition) is 2. The smallest absolute Gasteiger partial charge is 0.321 e. The zero-order chi connectivity index (χ0) is 9.35. The van der Waals surface area contributed by atoms with E-state index in [2.05, 4.69) is 15.9 Å². The molecule has 0 saturated carbocycles. The summed E-state index contributed by atoms with van der Waals surface area (Å²) in [4.78, 5) is 17.7. The van der Waals surface area contributed by atoms with Crippen LogP contribution in [0.2, 0.25) is 0 Å². The summed E-state index contributed by atoms with van der Waals surface area (Å²) in [5.41, 5.74) is 0.957. The lowest BCUT2D eigenvalue weighted by atomic mass is 10.2. The van der Waals surface area contributed by atoms with E-state index in [9.17, 15) is 4.57 Å². The first-order valence-electron chi connectivity index (χ1n) is 3.23. The van der Waals surface area contributed by atoms with Crippen LogP contribution in [0, 0.1) is 6.92 Å². The van der Waals surface area contributed by atoms with Crippen molar-refractivity contribution >= 4 is 28.8 Å². The number of halogens is 1. The van der Waals surface area contributed by atoms with Crippen molar-refractivity contribution in [3.8, 4) is 0 Å². The monoisotopic (exact) mass is 250 g/mol. The van der Waals surface area contributed by atoms with Gasteiger partial charge in [0.15, 0.2) is 0 Å². The third-order valence-electron chi connectivity index (χ3n) is 1.42. The van der Waals surface area contributed by atoms with Crippen LogP contribution in [-0.4, -0.2) is 9.79 Å². The molecule has 0 spiro atoms. The molecule has 1 aromatic rings. The van der Waals surface area contributed by atoms with Gasteiger partial charge in [0.25, 0.3) is 0 Å². The summed E-state index contributed by atoms with van der Waals surface area (Å²) >= 11 is 3.09. The first kappa shape index (κ1) is 9.93. The maximum absolute atomic E-state index is 10.8. The highest BCUT2D eigenvalue weighted by atomic mass is 79.9. The Morgan fingerprint density at radius 3 is 2.42 bits per heavy atom. The second-order valence-corrected chi connectivity index (χ2v) is 4.92. The predicted molar refractivity (Wildman–Crippen MR) is 50.6 cm³/mol. The summed E-state index contributed by atoms with van der Waals surface area (Å²) < 4.78 is 11.3. The molecule has 0 aliphatic heterocycles. The van der Waals surface area contributed by atoms with Crippen LogP contribution in [0.1, 0.15) is 5.56 Å². The zero-order valence-corrected chi connectivity index (χ0v) is 8.84. The van der Waals surface area contributed by atoms with Crippen LogP contribution in [0.4, 0.5) is 0 Å². The molecule has 0 aromatic heterocycles. The maximum Gasteiger partial charge on any atom is 0.357 e. The van der Waals surface area contributed by atoms with Gasteiger partial charge in [0.1, 0.15) is 0 Å². The first-order chi connectivity index (χ1) is 5.41. The van der Waals surface area contributed by atoms with E-state index in [4.69, 9.17) is 9.79 Å². The SMILES string of the molecule is Cc1ccc(P(=O)(O)O)c(Br)c1. The summed E-state index contributed by atoms with van der Waals surface area (Å²) in [5, 5.41) is 0.0353. The molecule has 0 saturated heterocycles. The molecule has 0 amide bonds. The summed E-state index contributed by atoms with van der Waals surface area (Å²) in [6, 6.07) is 4.77. The summed E-state index contributed by atoms with van der Waals surface area (Å²) in [5.74, 6) is 0. The fourth-order valence-corrected chi connectivity index (χ4v) is 2.65. The highest BCUT2D eigenvalue weighted by Gasteiger charge is 2.19. The van der Waals surface area contributed by atoms with Crippen LogP contribution in [0.3, 0.4) is 0 Å². The molecule has 0 fully saturated rings. The normalized spacial score (nSPS) is 11.7. The van der Waals surface area contributed by atoms with Gasteiger partial charge in [-0.1, -0.05) is 6.07 Å². The summed E-state index contributed by atoms with van der Waals surface area (Å²) in [7, 11) is -4.12. The van der Waals surface area contributed by atoms with Crippen LogP contribution in [0.5, 0.6) is 0 Å². The van der Waals surface area contributed by atoms with Crippen LogP contribution >= 0.6 is 23.5 Å². The first-order valence-corrected chi connectivity index (χ1v) is 5.64. The predicted octanol–water partition coefficient (Wildman–Crippen LogP) is 1.56. The standard InChI is InChI=1S/C7H8BrO3P/c1-5-2-3-7(6(8)4-5)12(9,10)11/h2-4H,1H3,(H2,9,10,11). The zero-order valence-electron chi connectivity index (χ0n) is 6.36. The third-order valence-corrected chi connectivity index (χ3v) is 3.40. The average Bonchev–Trinajstić information content (AvgIpc) is 1.83. The molecule has 66 valence electrons. The molecule has 0 bridgehead atoms. The molecule has 0 aliphatic carbocycles. The van der Waals surface area contributed by atoms with Gasteiger partial charge in [-0.3, -0.25) is 4.57 Å². The Morgan fingerprint density at radius 2 is 2.00 bits per heavy atom. The van der Waals surface area contributed by atoms with E-state index in [0.717, 1.165) is 5.56 Å². The lowest BCUT2D eigenvalue weighted by molar-refractivity contribution is 0.387. The van der Waals surface area contributed by atoms with Crippen molar-refractivity contribution in [1.29, 1.82) is 0 Å². The molecule has 0 unspecified atom stereocenters. The Morgan fingerprint density at radius 1 is 1.42 bits per heavy atom. The van der Waals surface area contributed by atoms with Crippen LogP contribution in [0.15, 0.2) is 22.7 Å². The molecular formula is C7H8BrO3P. The highest BCUT2D eigenvalue weighted by molar-refractivity contribution is 9.10. The third kappa shape index (κ3) is 2.17. The van der Waals surface area contributed by atoms with Gasteiger partial charge >= 0.3 is 7.60 Å². The van der Waals surface area contributed by atoms with Crippen molar-refractivity contribution in [2.75, 3.05) is 0 Å². The van der Waals surface area contributed by atoms with E-state index in [1.165, 1.54) is 6.07 Å². The second kappa shape index (κ2) is 3.30. The molecule has 0 heterocycles. The lowest BCUT2D eigenvalue weighted by Gasteiger charge is -2.06. The number of aryl methyl sites for hydroxylation is 1. The van der Waals surface area contributed by atoms with Gasteiger partial charge in [-0.25, -0.2) is 0 Å². The molecule has 2 N–H and O–H groups in total. The number of hydrogen-bond acceptors (Lipinski definition) is 1. The van der Waals surface area contributed by atoms with Gasteiger partial charge in [-0.05, 0) is 40.5 Å². The Labute approximate surface area is 78.7 Å². The number of benzene rings is 1. The molecule has 1 rings (SSSR count). The summed E-state index contributed by atoms with van der Waals surface area (Å²) in [6.07, 6.45) is 0. The minimum atomic E-state index is -4.12. The van der Waals surface area contributed by atoms with Crippen molar-refractivity contribution in [3.63, 3.8) is 0 Å². The van der Waals surface area contributed by atoms with Crippen LogP contribution < -0.4 is 5.30 Å². The Bertz CT molecular complexity index is 345. The molecule has 0 atom stereocenters. The molecule has 0 radical (unpaired) electrons. The van der Waals surface area contributed by atoms with Gasteiger partial charge in [0, 0.05) is 4.47 Å². The van der Waals surface area contributed by atoms with Crippen molar-refractivity contribution in [3.05, 3.63) is 28.2 Å². The largest absolute Gasteiger partial charge is 0.357 e. The van der Waals surface area contributed by atoms with Gasteiger partial charge in [0.2, 0.25) is 0 Å². The Balaban J connectivity index is 3.28. The minimum absolute atomic E-state index is 0.0353. The molecule has 12 heavy (non-hydrogen) atoms. The molecule has 3 nitrogen and oxygen atoms in total. The molecule has 1 aromatic carbocycles. The van der Waals surface area contributed by atoms with E-state index < -0.39 is 7.60 Å². The highest BCUT2D eigenvalue weighted by Crippen LogP contribution is 2.36. The van der Waals surface area contributed by atoms with Crippen molar-refractivity contribution < 1.29 is 14.4 Å². The van der Waals surface area contributed by atoms with E-state index in [1.54, 1.807) is 12.1 Å². The average molecular weight is 251 g/mol. The van der Waals surface area contributed by atoms with Gasteiger partial charge in [-0.15, -0.1) is 0 Å². The number of rotatable bonds is 1. The topological polar surface area (TPSA) is 57.5 Å². The minimum Gasteiger partial charge on any atom is -0.321 e. The lowest BCUT2D eigenvalue weighted by Crippen LogP contribution is -2.05. The van der Waals surface area contributed by atoms with Gasteiger partial charge < -0.3 is 9.79 Å². The van der Waals surface area contributed by atoms with E-state index in [1.807, 2.05) is 6.92 Å². The summed E-state index contributed by atoms with van der Waals surface area (Å²) in [6.45, 7) is 1.86. The fourth-order valence-electron chi connectivity index (χ4n) is 0.848. The van der Waals surface area contributed by atoms with Gasteiger partial charge in [-0.2, -0.15) is 0 Å². The van der Waals surface area contributed by atoms with E-state index in [-0.39, 0.29) is 5.30 Å². The van der Waals surface area contributed by atoms with E-state index in [0.29, 0.717) is 4.47 Å². The Kier molecular flexibility index (Phi) is 2.74. The Hall–Kier alpha value is -0.150. The molecule has 0 aliphatic rings. The van der Waals surface area contributed by atoms with Crippen LogP contribution in [0.25, 0.3) is 0 Å². The maximum atomic E-state index is 10.8. The fraction of sp³-hybridized carbons (Fsp3) is 0.143. The van der Waals surface area contributed by atoms with Gasteiger partial charge in [0.05, 0.1) is 5.30 Å². The van der Waals surface area contributed by atoms with Crippen molar-refractivity contribution in [2.45, 2.75) is 6.92 Å². The quantitative estimate of drug-likeness (QED) is 0.744. The van der Waals surface area contributed by atoms with Crippen molar-refractivity contribution in [2.24, 2.45) is 0 Å². The molecular weight excluding hydrogens is 243 g/mol. The van der Waals surface area contributed by atoms with Crippen molar-refractivity contribution in [1.82, 2.24) is 0 Å².